The van der Waals surface area contributed by atoms with Gasteiger partial charge in [-0.1, -0.05) is 23.4 Å². The van der Waals surface area contributed by atoms with Crippen LogP contribution in [0.1, 0.15) is 17.5 Å². The van der Waals surface area contributed by atoms with Crippen LogP contribution in [0.3, 0.4) is 0 Å². The van der Waals surface area contributed by atoms with Crippen molar-refractivity contribution in [3.05, 3.63) is 34.1 Å². The van der Waals surface area contributed by atoms with Crippen LogP contribution in [0, 0.1) is 24.6 Å². The standard InChI is InChI=1S/C11H8ClFO/c1-8-10(13)6-5-9(11(8)12)4-2-3-7-14/h5-7H,3H2,1H3. The first-order valence-electron chi connectivity index (χ1n) is 4.04. The lowest BCUT2D eigenvalue weighted by atomic mass is 10.1. The third-order valence-corrected chi connectivity index (χ3v) is 2.22. The molecule has 1 aromatic carbocycles. The number of benzene rings is 1. The minimum absolute atomic E-state index is 0.159. The molecule has 0 aliphatic heterocycles. The minimum Gasteiger partial charge on any atom is -0.302 e. The van der Waals surface area contributed by atoms with E-state index in [0.717, 1.165) is 0 Å². The van der Waals surface area contributed by atoms with Crippen molar-refractivity contribution in [2.75, 3.05) is 0 Å². The zero-order valence-electron chi connectivity index (χ0n) is 7.60. The normalized spacial score (nSPS) is 9.07. The molecule has 0 aliphatic carbocycles. The number of carbonyl (C=O) groups is 1. The highest BCUT2D eigenvalue weighted by Crippen LogP contribution is 2.22. The van der Waals surface area contributed by atoms with Crippen LogP contribution in [0.5, 0.6) is 0 Å². The Morgan fingerprint density at radius 1 is 1.57 bits per heavy atom. The van der Waals surface area contributed by atoms with Gasteiger partial charge in [-0.3, -0.25) is 0 Å². The molecule has 0 aliphatic rings. The van der Waals surface area contributed by atoms with Crippen LogP contribution in [-0.4, -0.2) is 6.29 Å². The van der Waals surface area contributed by atoms with Gasteiger partial charge in [0.1, 0.15) is 12.1 Å². The maximum Gasteiger partial charge on any atom is 0.131 e. The number of rotatable bonds is 1. The maximum atomic E-state index is 13.0. The van der Waals surface area contributed by atoms with Crippen molar-refractivity contribution in [2.24, 2.45) is 0 Å². The fourth-order valence-corrected chi connectivity index (χ4v) is 1.15. The first-order valence-corrected chi connectivity index (χ1v) is 4.41. The Bertz CT molecular complexity index is 415. The van der Waals surface area contributed by atoms with Crippen molar-refractivity contribution in [1.82, 2.24) is 0 Å². The van der Waals surface area contributed by atoms with Gasteiger partial charge in [0.25, 0.3) is 0 Å². The van der Waals surface area contributed by atoms with Gasteiger partial charge in [-0.05, 0) is 19.1 Å². The molecular formula is C11H8ClFO. The second-order valence-corrected chi connectivity index (χ2v) is 3.08. The summed E-state index contributed by atoms with van der Waals surface area (Å²) < 4.78 is 13.0. The third-order valence-electron chi connectivity index (χ3n) is 1.73. The molecule has 0 amide bonds. The van der Waals surface area contributed by atoms with E-state index in [4.69, 9.17) is 11.6 Å². The summed E-state index contributed by atoms with van der Waals surface area (Å²) in [6.45, 7) is 1.59. The van der Waals surface area contributed by atoms with Crippen LogP contribution in [0.4, 0.5) is 4.39 Å². The van der Waals surface area contributed by atoms with Crippen LogP contribution in [-0.2, 0) is 4.79 Å². The van der Waals surface area contributed by atoms with Gasteiger partial charge in [0.2, 0.25) is 0 Å². The lowest BCUT2D eigenvalue weighted by Gasteiger charge is -2.01. The van der Waals surface area contributed by atoms with Crippen molar-refractivity contribution < 1.29 is 9.18 Å². The summed E-state index contributed by atoms with van der Waals surface area (Å²) in [5.74, 6) is 4.96. The SMILES string of the molecule is Cc1c(F)ccc(C#CCC=O)c1Cl. The Labute approximate surface area is 86.9 Å². The number of halogens is 2. The third kappa shape index (κ3) is 2.34. The van der Waals surface area contributed by atoms with Crippen molar-refractivity contribution >= 4 is 17.9 Å². The molecule has 0 bridgehead atoms. The zero-order valence-corrected chi connectivity index (χ0v) is 8.36. The molecule has 0 unspecified atom stereocenters. The molecule has 3 heteroatoms. The highest BCUT2D eigenvalue weighted by Gasteiger charge is 2.05. The molecule has 0 heterocycles. The lowest BCUT2D eigenvalue weighted by Crippen LogP contribution is -1.87. The molecule has 0 N–H and O–H groups in total. The maximum absolute atomic E-state index is 13.0. The first-order chi connectivity index (χ1) is 6.66. The average Bonchev–Trinajstić information content (AvgIpc) is 2.18. The second-order valence-electron chi connectivity index (χ2n) is 2.71. The molecule has 0 saturated carbocycles. The van der Waals surface area contributed by atoms with Crippen molar-refractivity contribution in [3.63, 3.8) is 0 Å². The van der Waals surface area contributed by atoms with E-state index >= 15 is 0 Å². The molecule has 0 saturated heterocycles. The summed E-state index contributed by atoms with van der Waals surface area (Å²) in [5.41, 5.74) is 0.928. The second kappa shape index (κ2) is 4.78. The van der Waals surface area contributed by atoms with Crippen molar-refractivity contribution in [2.45, 2.75) is 13.3 Å². The number of hydrogen-bond acceptors (Lipinski definition) is 1. The van der Waals surface area contributed by atoms with E-state index in [1.807, 2.05) is 0 Å². The number of aldehydes is 1. The molecule has 0 spiro atoms. The van der Waals surface area contributed by atoms with E-state index in [1.54, 1.807) is 6.92 Å². The Morgan fingerprint density at radius 2 is 2.29 bits per heavy atom. The number of carbonyl (C=O) groups excluding carboxylic acids is 1. The summed E-state index contributed by atoms with van der Waals surface area (Å²) in [4.78, 5) is 10.0. The topological polar surface area (TPSA) is 17.1 Å². The van der Waals surface area contributed by atoms with E-state index in [2.05, 4.69) is 11.8 Å². The molecule has 0 aromatic heterocycles. The Morgan fingerprint density at radius 3 is 2.93 bits per heavy atom. The van der Waals surface area contributed by atoms with Gasteiger partial charge in [0.15, 0.2) is 0 Å². The number of hydrogen-bond donors (Lipinski definition) is 0. The van der Waals surface area contributed by atoms with Gasteiger partial charge in [0.05, 0.1) is 11.4 Å². The quantitative estimate of drug-likeness (QED) is 0.515. The van der Waals surface area contributed by atoms with Gasteiger partial charge in [-0.15, -0.1) is 0 Å². The Hall–Kier alpha value is -1.33. The fourth-order valence-electron chi connectivity index (χ4n) is 0.946. The average molecular weight is 211 g/mol. The summed E-state index contributed by atoms with van der Waals surface area (Å²) in [6.07, 6.45) is 0.865. The van der Waals surface area contributed by atoms with E-state index in [9.17, 15) is 9.18 Å². The molecule has 0 atom stereocenters. The largest absolute Gasteiger partial charge is 0.302 e. The van der Waals surface area contributed by atoms with Gasteiger partial charge >= 0.3 is 0 Å². The van der Waals surface area contributed by atoms with Crippen LogP contribution in [0.2, 0.25) is 5.02 Å². The molecular weight excluding hydrogens is 203 g/mol. The van der Waals surface area contributed by atoms with Crippen LogP contribution in [0.15, 0.2) is 12.1 Å². The van der Waals surface area contributed by atoms with Crippen molar-refractivity contribution in [3.8, 4) is 11.8 Å². The lowest BCUT2D eigenvalue weighted by molar-refractivity contribution is -0.107. The van der Waals surface area contributed by atoms with Gasteiger partial charge < -0.3 is 4.79 Å². The van der Waals surface area contributed by atoms with E-state index < -0.39 is 0 Å². The summed E-state index contributed by atoms with van der Waals surface area (Å²) in [5, 5.41) is 0.309. The Kier molecular flexibility index (Phi) is 3.67. The molecule has 0 radical (unpaired) electrons. The monoisotopic (exact) mass is 210 g/mol. The first kappa shape index (κ1) is 10.7. The summed E-state index contributed by atoms with van der Waals surface area (Å²) in [6, 6.07) is 2.81. The highest BCUT2D eigenvalue weighted by molar-refractivity contribution is 6.32. The molecule has 0 fully saturated rings. The van der Waals surface area contributed by atoms with Gasteiger partial charge in [-0.25, -0.2) is 4.39 Å². The zero-order chi connectivity index (χ0) is 10.6. The Balaban J connectivity index is 3.07. The van der Waals surface area contributed by atoms with Gasteiger partial charge in [0, 0.05) is 11.1 Å². The molecule has 1 rings (SSSR count). The predicted octanol–water partition coefficient (Wildman–Crippen LogP) is 2.73. The smallest absolute Gasteiger partial charge is 0.131 e. The van der Waals surface area contributed by atoms with Gasteiger partial charge in [-0.2, -0.15) is 0 Å². The van der Waals surface area contributed by atoms with E-state index in [0.29, 0.717) is 22.4 Å². The van der Waals surface area contributed by atoms with E-state index in [-0.39, 0.29) is 12.2 Å². The highest BCUT2D eigenvalue weighted by atomic mass is 35.5. The molecule has 1 aromatic rings. The van der Waals surface area contributed by atoms with Crippen LogP contribution in [0.25, 0.3) is 0 Å². The predicted molar refractivity (Wildman–Crippen MR) is 53.7 cm³/mol. The summed E-state index contributed by atoms with van der Waals surface area (Å²) >= 11 is 5.85. The van der Waals surface area contributed by atoms with Crippen molar-refractivity contribution in [1.29, 1.82) is 0 Å². The molecule has 1 nitrogen and oxygen atoms in total. The van der Waals surface area contributed by atoms with Crippen LogP contribution >= 0.6 is 11.6 Å². The fraction of sp³-hybridized carbons (Fsp3) is 0.182. The van der Waals surface area contributed by atoms with E-state index in [1.165, 1.54) is 12.1 Å². The summed E-state index contributed by atoms with van der Waals surface area (Å²) in [7, 11) is 0. The molecule has 72 valence electrons. The molecule has 14 heavy (non-hydrogen) atoms. The van der Waals surface area contributed by atoms with Crippen LogP contribution < -0.4 is 0 Å². The minimum atomic E-state index is -0.351.